The second kappa shape index (κ2) is 30.6. The number of ether oxygens (including phenoxy) is 3. The minimum absolute atomic E-state index is 0.0392. The maximum Gasteiger partial charge on any atom is 0.332 e. The topological polar surface area (TPSA) is 211 Å². The summed E-state index contributed by atoms with van der Waals surface area (Å²) in [5, 5.41) is 41.3. The summed E-state index contributed by atoms with van der Waals surface area (Å²) >= 11 is 0. The lowest BCUT2D eigenvalue weighted by atomic mass is 9.80. The zero-order valence-corrected chi connectivity index (χ0v) is 41.0. The van der Waals surface area contributed by atoms with Gasteiger partial charge in [0.25, 0.3) is 0 Å². The van der Waals surface area contributed by atoms with Gasteiger partial charge in [-0.2, -0.15) is 0 Å². The van der Waals surface area contributed by atoms with Gasteiger partial charge in [0.05, 0.1) is 19.8 Å². The Kier molecular flexibility index (Phi) is 23.8. The van der Waals surface area contributed by atoms with Gasteiger partial charge in [-0.15, -0.1) is 0 Å². The number of hydrogen-bond acceptors (Lipinski definition) is 16. The van der Waals surface area contributed by atoms with E-state index in [1.54, 1.807) is 31.2 Å². The van der Waals surface area contributed by atoms with E-state index < -0.39 is 5.97 Å². The maximum atomic E-state index is 11.7. The predicted octanol–water partition coefficient (Wildman–Crippen LogP) is 3.29. The molecule has 0 aromatic heterocycles. The molecule has 382 valence electrons. The largest absolute Gasteiger partial charge is 0.508 e. The molecule has 3 aliphatic heterocycles. The number of ketones is 1. The molecule has 2 fully saturated rings. The lowest BCUT2D eigenvalue weighted by Gasteiger charge is -2.26. The molecule has 8 N–H and O–H groups in total. The number of carboxylic acids is 1. The average molecular weight is 969 g/mol. The van der Waals surface area contributed by atoms with Crippen molar-refractivity contribution < 1.29 is 38.4 Å². The molecule has 70 heavy (non-hydrogen) atoms. The third-order valence-electron chi connectivity index (χ3n) is 12.3. The number of hydrogen-bond donors (Lipinski definition) is 8. The van der Waals surface area contributed by atoms with Crippen LogP contribution in [0.15, 0.2) is 87.6 Å². The van der Waals surface area contributed by atoms with Crippen LogP contribution in [-0.2, 0) is 32.2 Å². The van der Waals surface area contributed by atoms with Crippen LogP contribution in [0.4, 0.5) is 0 Å². The van der Waals surface area contributed by atoms with Gasteiger partial charge in [-0.25, -0.2) is 4.79 Å². The van der Waals surface area contributed by atoms with Crippen molar-refractivity contribution in [3.05, 3.63) is 105 Å². The van der Waals surface area contributed by atoms with E-state index in [1.165, 1.54) is 35.4 Å². The number of fused-ring (bicyclic) bond motifs is 2. The minimum Gasteiger partial charge on any atom is -0.508 e. The van der Waals surface area contributed by atoms with Crippen molar-refractivity contribution in [2.75, 3.05) is 138 Å². The summed E-state index contributed by atoms with van der Waals surface area (Å²) < 4.78 is 23.4. The number of Topliss-reactive ketones (excluding diaryl/α,β-unsaturated/α-hetero) is 1. The number of aliphatic carboxylic acids is 1. The highest BCUT2D eigenvalue weighted by atomic mass is 16.5. The normalized spacial score (nSPS) is 18.6. The van der Waals surface area contributed by atoms with Gasteiger partial charge in [0.1, 0.15) is 35.2 Å². The van der Waals surface area contributed by atoms with Crippen LogP contribution in [0.1, 0.15) is 48.8 Å². The van der Waals surface area contributed by atoms with Crippen LogP contribution in [-0.4, -0.2) is 170 Å². The molecular formula is C53H76N8O9. The fourth-order valence-electron chi connectivity index (χ4n) is 8.81. The van der Waals surface area contributed by atoms with Gasteiger partial charge < -0.3 is 65.5 Å². The molecule has 17 heteroatoms. The molecule has 0 spiro atoms. The summed E-state index contributed by atoms with van der Waals surface area (Å²) in [5.74, 6) is 0.175. The molecule has 0 radical (unpaired) electrons. The molecule has 1 unspecified atom stereocenters. The fourth-order valence-corrected chi connectivity index (χ4v) is 8.81. The lowest BCUT2D eigenvalue weighted by Crippen LogP contribution is -2.41. The monoisotopic (exact) mass is 969 g/mol. The number of phenols is 1. The van der Waals surface area contributed by atoms with E-state index in [-0.39, 0.29) is 28.5 Å². The molecule has 7 rings (SSSR count). The number of nitrogens with one attached hydrogen (secondary N) is 6. The average Bonchev–Trinajstić information content (AvgIpc) is 3.33. The smallest absolute Gasteiger partial charge is 0.332 e. The zero-order chi connectivity index (χ0) is 49.2. The molecule has 2 aromatic rings. The molecule has 0 saturated carbocycles. The third kappa shape index (κ3) is 18.9. The number of benzene rings is 3. The predicted molar refractivity (Wildman–Crippen MR) is 274 cm³/mol. The number of carbonyl (C=O) groups excluding carboxylic acids is 1. The first kappa shape index (κ1) is 54.3. The Balaban J connectivity index is 0.000000268. The first-order valence-corrected chi connectivity index (χ1v) is 25.1. The van der Waals surface area contributed by atoms with E-state index in [4.69, 9.17) is 18.6 Å². The zero-order valence-electron chi connectivity index (χ0n) is 41.0. The van der Waals surface area contributed by atoms with E-state index >= 15 is 0 Å². The van der Waals surface area contributed by atoms with Gasteiger partial charge in [0, 0.05) is 165 Å². The maximum absolute atomic E-state index is 11.7. The molecule has 2 aromatic carbocycles. The fraction of sp³-hybridized carbons (Fsp3) is 0.528. The van der Waals surface area contributed by atoms with Crippen molar-refractivity contribution in [3.63, 3.8) is 0 Å². The molecule has 2 aliphatic carbocycles. The van der Waals surface area contributed by atoms with Crippen molar-refractivity contribution in [3.8, 4) is 22.8 Å². The van der Waals surface area contributed by atoms with Crippen LogP contribution in [0, 0.1) is 0 Å². The Morgan fingerprint density at radius 3 is 1.81 bits per heavy atom. The van der Waals surface area contributed by atoms with Crippen LogP contribution in [0.2, 0.25) is 0 Å². The SMILES string of the molecule is CC(=O)CCCOCCOCCOc1cc(CN2CCNCCNCCNCC2)cc(CN2CCNCCNCCNCC2)c1.O=C(O)C1=CC=CCC1c1c2ccc(=O)cc-2oc2cc(O)ccc12. The number of carbonyl (C=O) groups is 2. The van der Waals surface area contributed by atoms with Gasteiger partial charge in [0.2, 0.25) is 0 Å². The number of aromatic hydroxyl groups is 1. The second-order valence-corrected chi connectivity index (χ2v) is 17.9. The number of phenolic OH excluding ortho intramolecular Hbond substituents is 1. The summed E-state index contributed by atoms with van der Waals surface area (Å²) in [7, 11) is 0. The van der Waals surface area contributed by atoms with Crippen LogP contribution < -0.4 is 42.1 Å². The van der Waals surface area contributed by atoms with E-state index in [2.05, 4.69) is 59.9 Å². The Morgan fingerprint density at radius 1 is 0.686 bits per heavy atom. The van der Waals surface area contributed by atoms with E-state index in [0.29, 0.717) is 62.8 Å². The Morgan fingerprint density at radius 2 is 1.24 bits per heavy atom. The number of nitrogens with zero attached hydrogens (tertiary/aromatic N) is 2. The quantitative estimate of drug-likeness (QED) is 0.0564. The first-order valence-electron chi connectivity index (χ1n) is 25.1. The number of carboxylic acid groups (broad SMARTS) is 1. The van der Waals surface area contributed by atoms with E-state index in [1.807, 2.05) is 6.08 Å². The van der Waals surface area contributed by atoms with Crippen molar-refractivity contribution in [2.45, 2.75) is 45.2 Å². The summed E-state index contributed by atoms with van der Waals surface area (Å²) in [6.07, 6.45) is 7.12. The highest BCUT2D eigenvalue weighted by molar-refractivity contribution is 5.95. The summed E-state index contributed by atoms with van der Waals surface area (Å²) in [5.41, 5.74) is 4.56. The summed E-state index contributed by atoms with van der Waals surface area (Å²) in [4.78, 5) is 39.5. The third-order valence-corrected chi connectivity index (χ3v) is 12.3. The number of allylic oxidation sites excluding steroid dienone is 3. The second-order valence-electron chi connectivity index (χ2n) is 17.9. The van der Waals surface area contributed by atoms with Crippen molar-refractivity contribution in [1.29, 1.82) is 0 Å². The van der Waals surface area contributed by atoms with E-state index in [0.717, 1.165) is 141 Å². The highest BCUT2D eigenvalue weighted by Gasteiger charge is 2.29. The van der Waals surface area contributed by atoms with Crippen LogP contribution in [0.25, 0.3) is 22.3 Å². The Hall–Kier alpha value is -5.05. The molecule has 0 bridgehead atoms. The van der Waals surface area contributed by atoms with Crippen LogP contribution >= 0.6 is 0 Å². The lowest BCUT2D eigenvalue weighted by molar-refractivity contribution is -0.133. The molecule has 17 nitrogen and oxygen atoms in total. The van der Waals surface area contributed by atoms with Gasteiger partial charge in [-0.05, 0) is 72.9 Å². The molecule has 1 atom stereocenters. The Bertz CT molecular complexity index is 2230. The minimum atomic E-state index is -0.976. The van der Waals surface area contributed by atoms with E-state index in [9.17, 15) is 24.6 Å². The van der Waals surface area contributed by atoms with Crippen molar-refractivity contribution >= 4 is 22.7 Å². The van der Waals surface area contributed by atoms with Gasteiger partial charge in [-0.1, -0.05) is 24.3 Å². The molecular weight excluding hydrogens is 893 g/mol. The summed E-state index contributed by atoms with van der Waals surface area (Å²) in [6, 6.07) is 16.0. The number of rotatable bonds is 17. The summed E-state index contributed by atoms with van der Waals surface area (Å²) in [6.45, 7) is 21.9. The van der Waals surface area contributed by atoms with Gasteiger partial charge in [0.15, 0.2) is 5.43 Å². The van der Waals surface area contributed by atoms with Crippen molar-refractivity contribution in [1.82, 2.24) is 41.7 Å². The molecule has 5 aliphatic rings. The first-order chi connectivity index (χ1) is 34.2. The van der Waals surface area contributed by atoms with Gasteiger partial charge in [-0.3, -0.25) is 14.6 Å². The standard InChI is InChI=1S/C33H62N8O4.C20H14O5/c1-30(42)3-2-20-43-21-22-44-23-24-45-33-26-31(28-40-16-12-36-8-4-34-5-9-37-13-17-40)25-32(27-33)29-41-18-14-38-10-6-35-7-11-39-15-19-41;21-11-5-7-15-17(9-11)25-18-10-12(22)6-8-16(18)19(15)13-3-1-2-4-14(13)20(23)24/h25-27,34-39H,2-24,28-29H2,1H3;1-2,4-10,13,21H,3H2,(H,23,24). The molecule has 3 heterocycles. The van der Waals surface area contributed by atoms with Crippen molar-refractivity contribution in [2.24, 2.45) is 0 Å². The molecule has 0 amide bonds. The highest BCUT2D eigenvalue weighted by Crippen LogP contribution is 2.43. The Labute approximate surface area is 412 Å². The van der Waals surface area contributed by atoms with Crippen LogP contribution in [0.3, 0.4) is 0 Å². The molecule has 2 saturated heterocycles. The van der Waals surface area contributed by atoms with Gasteiger partial charge >= 0.3 is 5.97 Å². The van der Waals surface area contributed by atoms with Crippen LogP contribution in [0.5, 0.6) is 11.5 Å².